The van der Waals surface area contributed by atoms with Crippen molar-refractivity contribution in [2.45, 2.75) is 12.5 Å². The number of ether oxygens (including phenoxy) is 2. The fraction of sp³-hybridized carbons (Fsp3) is 0.323. The van der Waals surface area contributed by atoms with Gasteiger partial charge in [0, 0.05) is 44.8 Å². The molecule has 5 rings (SSSR count). The Bertz CT molecular complexity index is 1370. The van der Waals surface area contributed by atoms with Gasteiger partial charge in [0.15, 0.2) is 17.3 Å². The van der Waals surface area contributed by atoms with Crippen LogP contribution in [0.3, 0.4) is 0 Å². The summed E-state index contributed by atoms with van der Waals surface area (Å²) in [6.45, 7) is 4.40. The number of rotatable bonds is 7. The van der Waals surface area contributed by atoms with Crippen molar-refractivity contribution in [2.75, 3.05) is 58.9 Å². The predicted octanol–water partition coefficient (Wildman–Crippen LogP) is 3.63. The summed E-state index contributed by atoms with van der Waals surface area (Å²) in [6, 6.07) is 20.9. The SMILES string of the molecule is COc1ccc(C2C(=O)C(=Cc3cccc(N4CCN(C)CC4)n3)CN(Cc3ccccc3)C2=O)cc1OC. The average Bonchev–Trinajstić information content (AvgIpc) is 2.96. The normalized spacial score (nSPS) is 19.5. The summed E-state index contributed by atoms with van der Waals surface area (Å²) >= 11 is 0. The molecule has 0 saturated carbocycles. The number of benzene rings is 2. The number of pyridine rings is 1. The predicted molar refractivity (Wildman–Crippen MR) is 151 cm³/mol. The van der Waals surface area contributed by atoms with Gasteiger partial charge in [0.1, 0.15) is 11.7 Å². The van der Waals surface area contributed by atoms with Gasteiger partial charge >= 0.3 is 0 Å². The molecule has 3 heterocycles. The van der Waals surface area contributed by atoms with Crippen LogP contribution in [0.4, 0.5) is 5.82 Å². The average molecular weight is 527 g/mol. The van der Waals surface area contributed by atoms with Crippen molar-refractivity contribution in [3.63, 3.8) is 0 Å². The molecule has 0 aliphatic carbocycles. The van der Waals surface area contributed by atoms with Gasteiger partial charge in [-0.05, 0) is 48.5 Å². The summed E-state index contributed by atoms with van der Waals surface area (Å²) in [4.78, 5) is 38.8. The van der Waals surface area contributed by atoms with Crippen molar-refractivity contribution in [3.8, 4) is 11.5 Å². The highest BCUT2D eigenvalue weighted by molar-refractivity contribution is 6.18. The lowest BCUT2D eigenvalue weighted by Gasteiger charge is -2.34. The minimum atomic E-state index is -0.977. The molecule has 3 aromatic rings. The Labute approximate surface area is 229 Å². The van der Waals surface area contributed by atoms with Gasteiger partial charge in [-0.1, -0.05) is 42.5 Å². The van der Waals surface area contributed by atoms with Gasteiger partial charge in [-0.3, -0.25) is 9.59 Å². The second kappa shape index (κ2) is 11.7. The lowest BCUT2D eigenvalue weighted by molar-refractivity contribution is -0.139. The number of aromatic nitrogens is 1. The maximum Gasteiger partial charge on any atom is 0.238 e. The highest BCUT2D eigenvalue weighted by atomic mass is 16.5. The molecule has 2 aliphatic rings. The molecular weight excluding hydrogens is 492 g/mol. The monoisotopic (exact) mass is 526 g/mol. The Morgan fingerprint density at radius 2 is 1.64 bits per heavy atom. The molecule has 2 aliphatic heterocycles. The molecule has 8 nitrogen and oxygen atoms in total. The number of hydrogen-bond donors (Lipinski definition) is 0. The number of ketones is 1. The first kappa shape index (κ1) is 26.4. The third kappa shape index (κ3) is 5.81. The lowest BCUT2D eigenvalue weighted by atomic mass is 9.85. The van der Waals surface area contributed by atoms with Crippen LogP contribution in [0.5, 0.6) is 11.5 Å². The molecule has 1 atom stereocenters. The standard InChI is InChI=1S/C31H34N4O4/c1-33-14-16-34(17-15-33)28-11-7-10-25(32-28)18-24-21-35(20-22-8-5-4-6-9-22)31(37)29(30(24)36)23-12-13-26(38-2)27(19-23)39-3/h4-13,18-19,29H,14-17,20-21H2,1-3H3. The lowest BCUT2D eigenvalue weighted by Crippen LogP contribution is -2.45. The van der Waals surface area contributed by atoms with E-state index in [0.717, 1.165) is 37.6 Å². The van der Waals surface area contributed by atoms with Crippen molar-refractivity contribution in [3.05, 3.63) is 89.1 Å². The zero-order chi connectivity index (χ0) is 27.4. The number of nitrogens with zero attached hydrogens (tertiary/aromatic N) is 4. The van der Waals surface area contributed by atoms with Crippen LogP contribution in [0.25, 0.3) is 6.08 Å². The number of carbonyl (C=O) groups is 2. The van der Waals surface area contributed by atoms with E-state index in [1.165, 1.54) is 7.11 Å². The van der Waals surface area contributed by atoms with Gasteiger partial charge in [0.05, 0.1) is 19.9 Å². The molecule has 39 heavy (non-hydrogen) atoms. The van der Waals surface area contributed by atoms with Crippen LogP contribution in [-0.2, 0) is 16.1 Å². The molecule has 0 spiro atoms. The molecule has 0 bridgehead atoms. The van der Waals surface area contributed by atoms with E-state index in [1.807, 2.05) is 54.6 Å². The highest BCUT2D eigenvalue weighted by Gasteiger charge is 2.40. The van der Waals surface area contributed by atoms with Crippen LogP contribution >= 0.6 is 0 Å². The minimum Gasteiger partial charge on any atom is -0.493 e. The van der Waals surface area contributed by atoms with Crippen molar-refractivity contribution >= 4 is 23.6 Å². The van der Waals surface area contributed by atoms with E-state index in [9.17, 15) is 9.59 Å². The van der Waals surface area contributed by atoms with Gasteiger partial charge in [-0.15, -0.1) is 0 Å². The Balaban J connectivity index is 1.50. The van der Waals surface area contributed by atoms with E-state index < -0.39 is 5.92 Å². The number of carbonyl (C=O) groups excluding carboxylic acids is 2. The zero-order valence-electron chi connectivity index (χ0n) is 22.7. The fourth-order valence-corrected chi connectivity index (χ4v) is 5.13. The first-order chi connectivity index (χ1) is 19.0. The molecule has 1 unspecified atom stereocenters. The summed E-state index contributed by atoms with van der Waals surface area (Å²) in [6.07, 6.45) is 1.83. The molecule has 2 saturated heterocycles. The Kier molecular flexibility index (Phi) is 7.93. The Hall–Kier alpha value is -4.17. The molecule has 0 radical (unpaired) electrons. The van der Waals surface area contributed by atoms with Crippen LogP contribution in [0.15, 0.2) is 72.3 Å². The van der Waals surface area contributed by atoms with E-state index in [0.29, 0.717) is 34.9 Å². The van der Waals surface area contributed by atoms with Crippen molar-refractivity contribution in [1.82, 2.24) is 14.8 Å². The quantitative estimate of drug-likeness (QED) is 0.344. The number of likely N-dealkylation sites (N-methyl/N-ethyl adjacent to an activating group) is 1. The van der Waals surface area contributed by atoms with E-state index in [4.69, 9.17) is 14.5 Å². The summed E-state index contributed by atoms with van der Waals surface area (Å²) < 4.78 is 10.8. The number of Topliss-reactive ketones (excluding diaryl/α,β-unsaturated/α-hetero) is 1. The first-order valence-electron chi connectivity index (χ1n) is 13.2. The van der Waals surface area contributed by atoms with E-state index in [-0.39, 0.29) is 18.2 Å². The first-order valence-corrected chi connectivity index (χ1v) is 13.2. The van der Waals surface area contributed by atoms with Gasteiger partial charge in [-0.2, -0.15) is 0 Å². The van der Waals surface area contributed by atoms with Crippen LogP contribution < -0.4 is 14.4 Å². The summed E-state index contributed by atoms with van der Waals surface area (Å²) in [5, 5.41) is 0. The maximum atomic E-state index is 13.9. The van der Waals surface area contributed by atoms with Crippen molar-refractivity contribution < 1.29 is 19.1 Å². The Morgan fingerprint density at radius 1 is 0.897 bits per heavy atom. The molecule has 8 heteroatoms. The minimum absolute atomic E-state index is 0.219. The molecule has 2 aromatic carbocycles. The third-order valence-corrected chi connectivity index (χ3v) is 7.36. The molecule has 0 N–H and O–H groups in total. The van der Waals surface area contributed by atoms with Gasteiger partial charge < -0.3 is 24.2 Å². The Morgan fingerprint density at radius 3 is 2.36 bits per heavy atom. The third-order valence-electron chi connectivity index (χ3n) is 7.36. The van der Waals surface area contributed by atoms with Crippen LogP contribution in [0.2, 0.25) is 0 Å². The van der Waals surface area contributed by atoms with Gasteiger partial charge in [-0.25, -0.2) is 4.98 Å². The number of hydrogen-bond acceptors (Lipinski definition) is 7. The molecule has 2 fully saturated rings. The van der Waals surface area contributed by atoms with Crippen LogP contribution in [0.1, 0.15) is 22.7 Å². The molecular formula is C31H34N4O4. The largest absolute Gasteiger partial charge is 0.493 e. The van der Waals surface area contributed by atoms with E-state index >= 15 is 0 Å². The van der Waals surface area contributed by atoms with Gasteiger partial charge in [0.2, 0.25) is 5.91 Å². The number of anilines is 1. The zero-order valence-corrected chi connectivity index (χ0v) is 22.7. The summed E-state index contributed by atoms with van der Waals surface area (Å²) in [7, 11) is 5.22. The number of likely N-dealkylation sites (tertiary alicyclic amines) is 1. The second-order valence-corrected chi connectivity index (χ2v) is 9.97. The molecule has 1 amide bonds. The fourth-order valence-electron chi connectivity index (χ4n) is 5.13. The highest BCUT2D eigenvalue weighted by Crippen LogP contribution is 2.35. The van der Waals surface area contributed by atoms with Crippen LogP contribution in [-0.4, -0.2) is 80.5 Å². The molecule has 202 valence electrons. The molecule has 1 aromatic heterocycles. The second-order valence-electron chi connectivity index (χ2n) is 9.97. The van der Waals surface area contributed by atoms with Crippen molar-refractivity contribution in [2.24, 2.45) is 0 Å². The maximum absolute atomic E-state index is 13.9. The topological polar surface area (TPSA) is 75.2 Å². The van der Waals surface area contributed by atoms with Gasteiger partial charge in [0.25, 0.3) is 0 Å². The summed E-state index contributed by atoms with van der Waals surface area (Å²) in [5.41, 5.74) is 2.83. The number of piperazine rings is 1. The van der Waals surface area contributed by atoms with E-state index in [2.05, 4.69) is 16.8 Å². The summed E-state index contributed by atoms with van der Waals surface area (Å²) in [5.74, 6) is 0.487. The smallest absolute Gasteiger partial charge is 0.238 e. The van der Waals surface area contributed by atoms with E-state index in [1.54, 1.807) is 30.2 Å². The number of methoxy groups -OCH3 is 2. The van der Waals surface area contributed by atoms with Crippen molar-refractivity contribution in [1.29, 1.82) is 0 Å². The number of piperidine rings is 1. The van der Waals surface area contributed by atoms with Crippen LogP contribution in [0, 0.1) is 0 Å². The number of amides is 1.